The molecule has 3 heterocycles. The molecule has 270 valence electrons. The smallest absolute Gasteiger partial charge is 0.0541 e. The van der Waals surface area contributed by atoms with Crippen LogP contribution in [-0.2, 0) is 6.42 Å². The van der Waals surface area contributed by atoms with Crippen LogP contribution in [0.15, 0.2) is 194 Å². The van der Waals surface area contributed by atoms with Gasteiger partial charge in [0.15, 0.2) is 0 Å². The second kappa shape index (κ2) is 12.1. The van der Waals surface area contributed by atoms with Crippen LogP contribution in [0.1, 0.15) is 11.1 Å². The number of hydrogen-bond donors (Lipinski definition) is 0. The van der Waals surface area contributed by atoms with E-state index in [4.69, 9.17) is 0 Å². The molecule has 0 N–H and O–H groups in total. The Morgan fingerprint density at radius 3 is 1.64 bits per heavy atom. The van der Waals surface area contributed by atoms with Crippen molar-refractivity contribution in [2.75, 3.05) is 0 Å². The molecule has 1 aliphatic carbocycles. The molecule has 0 spiro atoms. The molecule has 3 aromatic heterocycles. The van der Waals surface area contributed by atoms with Crippen molar-refractivity contribution >= 4 is 75.1 Å². The molecule has 9 aromatic carbocycles. The third kappa shape index (κ3) is 4.59. The van der Waals surface area contributed by atoms with Crippen LogP contribution in [0, 0.1) is 0 Å². The van der Waals surface area contributed by atoms with Crippen molar-refractivity contribution in [3.05, 3.63) is 205 Å². The molecule has 13 rings (SSSR count). The minimum absolute atomic E-state index is 0.998. The summed E-state index contributed by atoms with van der Waals surface area (Å²) >= 11 is 1.91. The Morgan fingerprint density at radius 2 is 0.897 bits per heavy atom. The van der Waals surface area contributed by atoms with E-state index in [1.807, 2.05) is 11.3 Å². The molecule has 0 saturated carbocycles. The number of fused-ring (bicyclic) bond motifs is 12. The van der Waals surface area contributed by atoms with Crippen molar-refractivity contribution in [1.29, 1.82) is 0 Å². The average molecular weight is 755 g/mol. The lowest BCUT2D eigenvalue weighted by atomic mass is 9.96. The molecule has 12 aromatic rings. The van der Waals surface area contributed by atoms with Crippen molar-refractivity contribution in [3.8, 4) is 44.8 Å². The van der Waals surface area contributed by atoms with Crippen LogP contribution in [0.5, 0.6) is 0 Å². The van der Waals surface area contributed by atoms with E-state index in [9.17, 15) is 0 Å². The van der Waals surface area contributed by atoms with E-state index in [1.54, 1.807) is 0 Å². The molecule has 0 radical (unpaired) electrons. The summed E-state index contributed by atoms with van der Waals surface area (Å²) in [6, 6.07) is 72.2. The number of benzene rings is 9. The monoisotopic (exact) mass is 754 g/mol. The minimum atomic E-state index is 0.998. The van der Waals surface area contributed by atoms with Crippen molar-refractivity contribution in [1.82, 2.24) is 9.13 Å². The van der Waals surface area contributed by atoms with Crippen LogP contribution in [0.2, 0.25) is 0 Å². The molecule has 0 bridgehead atoms. The fourth-order valence-corrected chi connectivity index (χ4v) is 11.1. The number of rotatable bonds is 4. The van der Waals surface area contributed by atoms with E-state index in [0.717, 1.165) is 6.42 Å². The van der Waals surface area contributed by atoms with E-state index in [2.05, 4.69) is 203 Å². The van der Waals surface area contributed by atoms with Gasteiger partial charge in [0.1, 0.15) is 0 Å². The molecule has 0 saturated heterocycles. The fourth-order valence-electron chi connectivity index (χ4n) is 9.88. The normalized spacial score (nSPS) is 12.4. The Balaban J connectivity index is 1.02. The van der Waals surface area contributed by atoms with Crippen LogP contribution >= 0.6 is 11.3 Å². The summed E-state index contributed by atoms with van der Waals surface area (Å²) in [5.41, 5.74) is 17.7. The lowest BCUT2D eigenvalue weighted by Gasteiger charge is -2.13. The maximum absolute atomic E-state index is 2.49. The van der Waals surface area contributed by atoms with Gasteiger partial charge in [-0.15, -0.1) is 11.3 Å². The van der Waals surface area contributed by atoms with E-state index in [-0.39, 0.29) is 0 Å². The molecule has 1 aliphatic rings. The molecule has 0 amide bonds. The standard InChI is InChI=1S/C55H34N2S/c1-2-13-39(14-3-1)56-50-19-9-6-16-42(50)47-29-34(24-26-52(47)56)35-25-27-53-48(30-35)43-17-7-10-20-51(43)57(53)40-32-46(55-49(33-40)44-18-8-11-21-54(44)58-55)38-23-22-37-28-36-12-4-5-15-41(36)45(37)31-38/h1-27,29-33H,28H2. The third-order valence-electron chi connectivity index (χ3n) is 12.5. The number of aromatic nitrogens is 2. The Kier molecular flexibility index (Phi) is 6.69. The minimum Gasteiger partial charge on any atom is -0.309 e. The van der Waals surface area contributed by atoms with Gasteiger partial charge in [-0.05, 0) is 118 Å². The van der Waals surface area contributed by atoms with Gasteiger partial charge in [-0.3, -0.25) is 0 Å². The zero-order valence-corrected chi connectivity index (χ0v) is 32.3. The summed E-state index contributed by atoms with van der Waals surface area (Å²) in [7, 11) is 0. The van der Waals surface area contributed by atoms with Crippen LogP contribution in [0.4, 0.5) is 0 Å². The SMILES string of the molecule is c1ccc(-n2c3ccccc3c3cc(-c4ccc5c(c4)c4ccccc4n5-c4cc(-c5ccc6c(c5)-c5ccccc5C6)c5sc6ccccc6c5c4)ccc32)cc1. The molecule has 0 aliphatic heterocycles. The van der Waals surface area contributed by atoms with Gasteiger partial charge >= 0.3 is 0 Å². The van der Waals surface area contributed by atoms with Gasteiger partial charge in [-0.25, -0.2) is 0 Å². The zero-order valence-electron chi connectivity index (χ0n) is 31.5. The lowest BCUT2D eigenvalue weighted by molar-refractivity contribution is 1.18. The van der Waals surface area contributed by atoms with Crippen LogP contribution < -0.4 is 0 Å². The number of nitrogens with zero attached hydrogens (tertiary/aromatic N) is 2. The predicted octanol–water partition coefficient (Wildman–Crippen LogP) is 15.2. The first-order chi connectivity index (χ1) is 28.7. The fraction of sp³-hybridized carbons (Fsp3) is 0.0182. The topological polar surface area (TPSA) is 9.86 Å². The zero-order chi connectivity index (χ0) is 37.9. The van der Waals surface area contributed by atoms with Crippen LogP contribution in [-0.4, -0.2) is 9.13 Å². The van der Waals surface area contributed by atoms with Crippen molar-refractivity contribution < 1.29 is 0 Å². The summed E-state index contributed by atoms with van der Waals surface area (Å²) in [5.74, 6) is 0. The number of hydrogen-bond acceptors (Lipinski definition) is 1. The van der Waals surface area contributed by atoms with Crippen LogP contribution in [0.25, 0.3) is 109 Å². The first kappa shape index (κ1) is 31.9. The maximum atomic E-state index is 2.49. The summed E-state index contributed by atoms with van der Waals surface area (Å²) < 4.78 is 7.53. The molecule has 2 nitrogen and oxygen atoms in total. The van der Waals surface area contributed by atoms with Crippen molar-refractivity contribution in [2.45, 2.75) is 6.42 Å². The van der Waals surface area contributed by atoms with Gasteiger partial charge in [-0.1, -0.05) is 121 Å². The largest absolute Gasteiger partial charge is 0.309 e. The highest BCUT2D eigenvalue weighted by atomic mass is 32.1. The maximum Gasteiger partial charge on any atom is 0.0541 e. The predicted molar refractivity (Wildman–Crippen MR) is 247 cm³/mol. The molecular weight excluding hydrogens is 721 g/mol. The molecule has 58 heavy (non-hydrogen) atoms. The van der Waals surface area contributed by atoms with Crippen molar-refractivity contribution in [3.63, 3.8) is 0 Å². The van der Waals surface area contributed by atoms with Gasteiger partial charge < -0.3 is 9.13 Å². The molecular formula is C55H34N2S. The lowest BCUT2D eigenvalue weighted by Crippen LogP contribution is -1.95. The molecule has 3 heteroatoms. The second-order valence-corrected chi connectivity index (χ2v) is 16.7. The Bertz CT molecular complexity index is 3650. The van der Waals surface area contributed by atoms with Gasteiger partial charge in [0.25, 0.3) is 0 Å². The molecule has 0 unspecified atom stereocenters. The van der Waals surface area contributed by atoms with E-state index < -0.39 is 0 Å². The van der Waals surface area contributed by atoms with E-state index in [1.165, 1.54) is 120 Å². The quantitative estimate of drug-likeness (QED) is 0.169. The highest BCUT2D eigenvalue weighted by Crippen LogP contribution is 2.46. The Labute approximate surface area is 339 Å². The summed E-state index contributed by atoms with van der Waals surface area (Å²) in [6.45, 7) is 0. The first-order valence-electron chi connectivity index (χ1n) is 20.0. The van der Waals surface area contributed by atoms with E-state index in [0.29, 0.717) is 0 Å². The van der Waals surface area contributed by atoms with Gasteiger partial charge in [0.2, 0.25) is 0 Å². The first-order valence-corrected chi connectivity index (χ1v) is 20.9. The molecule has 0 atom stereocenters. The van der Waals surface area contributed by atoms with Gasteiger partial charge in [0, 0.05) is 58.7 Å². The Hall–Kier alpha value is -7.20. The average Bonchev–Trinajstić information content (AvgIpc) is 4.03. The van der Waals surface area contributed by atoms with Crippen molar-refractivity contribution in [2.24, 2.45) is 0 Å². The summed E-state index contributed by atoms with van der Waals surface area (Å²) in [6.07, 6.45) is 0.998. The summed E-state index contributed by atoms with van der Waals surface area (Å²) in [5, 5.41) is 7.65. The molecule has 0 fully saturated rings. The highest BCUT2D eigenvalue weighted by molar-refractivity contribution is 7.26. The highest BCUT2D eigenvalue weighted by Gasteiger charge is 2.22. The van der Waals surface area contributed by atoms with E-state index >= 15 is 0 Å². The number of para-hydroxylation sites is 3. The van der Waals surface area contributed by atoms with Crippen LogP contribution in [0.3, 0.4) is 0 Å². The van der Waals surface area contributed by atoms with Gasteiger partial charge in [-0.2, -0.15) is 0 Å². The summed E-state index contributed by atoms with van der Waals surface area (Å²) in [4.78, 5) is 0. The second-order valence-electron chi connectivity index (χ2n) is 15.7. The Morgan fingerprint density at radius 1 is 0.328 bits per heavy atom. The van der Waals surface area contributed by atoms with Gasteiger partial charge in [0.05, 0.1) is 22.1 Å². The number of thiophene rings is 1. The third-order valence-corrected chi connectivity index (χ3v) is 13.7.